The van der Waals surface area contributed by atoms with Crippen LogP contribution in [0.15, 0.2) is 53.7 Å². The zero-order valence-corrected chi connectivity index (χ0v) is 18.8. The first-order valence-corrected chi connectivity index (χ1v) is 10.9. The molecule has 11 heteroatoms. The van der Waals surface area contributed by atoms with Crippen LogP contribution in [0.2, 0.25) is 5.02 Å². The number of aromatic nitrogens is 3. The fraction of sp³-hybridized carbons (Fsp3) is 0.286. The van der Waals surface area contributed by atoms with Gasteiger partial charge in [0, 0.05) is 16.3 Å². The van der Waals surface area contributed by atoms with E-state index in [-0.39, 0.29) is 0 Å². The molecule has 0 aliphatic rings. The molecule has 0 aliphatic carbocycles. The number of thioether (sulfide) groups is 1. The first-order valence-electron chi connectivity index (χ1n) is 9.63. The van der Waals surface area contributed by atoms with E-state index in [4.69, 9.17) is 16.3 Å². The van der Waals surface area contributed by atoms with Gasteiger partial charge < -0.3 is 10.1 Å². The fourth-order valence-corrected chi connectivity index (χ4v) is 3.88. The smallest absolute Gasteiger partial charge is 0.405 e. The number of alkyl halides is 3. The van der Waals surface area contributed by atoms with Crippen molar-refractivity contribution in [3.8, 4) is 22.8 Å². The fourth-order valence-electron chi connectivity index (χ4n) is 2.79. The van der Waals surface area contributed by atoms with Gasteiger partial charge in [0.25, 0.3) is 0 Å². The highest BCUT2D eigenvalue weighted by molar-refractivity contribution is 8.00. The first-order chi connectivity index (χ1) is 15.2. The highest BCUT2D eigenvalue weighted by Gasteiger charge is 2.29. The minimum Gasteiger partial charge on any atom is -0.494 e. The van der Waals surface area contributed by atoms with Crippen molar-refractivity contribution < 1.29 is 22.7 Å². The van der Waals surface area contributed by atoms with Crippen molar-refractivity contribution in [2.45, 2.75) is 30.4 Å². The molecule has 0 fully saturated rings. The second kappa shape index (κ2) is 10.3. The average molecular weight is 485 g/mol. The van der Waals surface area contributed by atoms with E-state index >= 15 is 0 Å². The third-order valence-corrected chi connectivity index (χ3v) is 5.51. The number of hydrogen-bond acceptors (Lipinski definition) is 5. The Morgan fingerprint density at radius 2 is 1.94 bits per heavy atom. The lowest BCUT2D eigenvalue weighted by Crippen LogP contribution is -2.38. The Morgan fingerprint density at radius 1 is 1.22 bits per heavy atom. The largest absolute Gasteiger partial charge is 0.494 e. The zero-order chi connectivity index (χ0) is 23.3. The molecule has 1 atom stereocenters. The molecule has 1 N–H and O–H groups in total. The Labute approximate surface area is 192 Å². The number of carbonyl (C=O) groups excluding carboxylic acids is 1. The molecular weight excluding hydrogens is 465 g/mol. The van der Waals surface area contributed by atoms with Crippen molar-refractivity contribution in [1.29, 1.82) is 0 Å². The summed E-state index contributed by atoms with van der Waals surface area (Å²) in [5.41, 5.74) is 1.39. The lowest BCUT2D eigenvalue weighted by Gasteiger charge is -2.15. The molecule has 1 aromatic heterocycles. The van der Waals surface area contributed by atoms with E-state index < -0.39 is 23.9 Å². The molecule has 0 saturated heterocycles. The number of ether oxygens (including phenoxy) is 1. The van der Waals surface area contributed by atoms with E-state index in [2.05, 4.69) is 10.2 Å². The molecule has 0 spiro atoms. The van der Waals surface area contributed by atoms with E-state index in [9.17, 15) is 18.0 Å². The molecular formula is C21H20ClF3N4O2S. The summed E-state index contributed by atoms with van der Waals surface area (Å²) >= 11 is 7.13. The summed E-state index contributed by atoms with van der Waals surface area (Å²) in [5.74, 6) is 0.405. The maximum Gasteiger partial charge on any atom is 0.405 e. The molecule has 3 rings (SSSR count). The Hall–Kier alpha value is -2.72. The predicted molar refractivity (Wildman–Crippen MR) is 117 cm³/mol. The first kappa shape index (κ1) is 23.9. The Balaban J connectivity index is 1.95. The van der Waals surface area contributed by atoms with Gasteiger partial charge in [0.2, 0.25) is 5.91 Å². The van der Waals surface area contributed by atoms with Crippen LogP contribution in [0.25, 0.3) is 17.1 Å². The Kier molecular flexibility index (Phi) is 7.68. The maximum absolute atomic E-state index is 12.4. The van der Waals surface area contributed by atoms with Gasteiger partial charge in [-0.1, -0.05) is 35.5 Å². The number of amides is 1. The Bertz CT molecular complexity index is 1070. The summed E-state index contributed by atoms with van der Waals surface area (Å²) in [6.45, 7) is 2.51. The maximum atomic E-state index is 12.4. The van der Waals surface area contributed by atoms with Crippen LogP contribution in [0, 0.1) is 0 Å². The number of hydrogen-bond donors (Lipinski definition) is 1. The van der Waals surface area contributed by atoms with Crippen LogP contribution >= 0.6 is 23.4 Å². The third-order valence-electron chi connectivity index (χ3n) is 4.24. The van der Waals surface area contributed by atoms with E-state index in [0.29, 0.717) is 39.6 Å². The number of benzene rings is 2. The normalized spacial score (nSPS) is 12.4. The molecule has 32 heavy (non-hydrogen) atoms. The lowest BCUT2D eigenvalue weighted by molar-refractivity contribution is -0.137. The van der Waals surface area contributed by atoms with E-state index in [1.165, 1.54) is 6.92 Å². The van der Waals surface area contributed by atoms with E-state index in [1.54, 1.807) is 47.0 Å². The van der Waals surface area contributed by atoms with Crippen molar-refractivity contribution in [2.75, 3.05) is 13.2 Å². The third kappa shape index (κ3) is 6.17. The van der Waals surface area contributed by atoms with Crippen LogP contribution in [-0.2, 0) is 4.79 Å². The van der Waals surface area contributed by atoms with Gasteiger partial charge in [-0.3, -0.25) is 9.36 Å². The van der Waals surface area contributed by atoms with Gasteiger partial charge in [0.15, 0.2) is 11.0 Å². The molecule has 170 valence electrons. The standard InChI is InChI=1S/C21H20ClF3N4O2S/c1-3-31-17-9-7-16(8-10-17)29-18(14-5-4-6-15(22)11-14)27-28-20(29)32-13(2)19(30)26-12-21(23,24)25/h4-11,13H,3,12H2,1-2H3,(H,26,30). The molecule has 0 radical (unpaired) electrons. The second-order valence-electron chi connectivity index (χ2n) is 6.67. The Morgan fingerprint density at radius 3 is 2.56 bits per heavy atom. The van der Waals surface area contributed by atoms with Gasteiger partial charge in [-0.25, -0.2) is 0 Å². The molecule has 1 amide bonds. The van der Waals surface area contributed by atoms with Crippen LogP contribution in [0.1, 0.15) is 13.8 Å². The number of carbonyl (C=O) groups is 1. The summed E-state index contributed by atoms with van der Waals surface area (Å²) in [4.78, 5) is 12.2. The minimum atomic E-state index is -4.48. The summed E-state index contributed by atoms with van der Waals surface area (Å²) in [6, 6.07) is 14.2. The number of halogens is 4. The van der Waals surface area contributed by atoms with Crippen LogP contribution in [-0.4, -0.2) is 45.2 Å². The molecule has 1 unspecified atom stereocenters. The lowest BCUT2D eigenvalue weighted by atomic mass is 10.2. The molecule has 0 saturated carbocycles. The van der Waals surface area contributed by atoms with Gasteiger partial charge in [0.1, 0.15) is 12.3 Å². The summed E-state index contributed by atoms with van der Waals surface area (Å²) < 4.78 is 44.5. The van der Waals surface area contributed by atoms with Crippen molar-refractivity contribution in [3.63, 3.8) is 0 Å². The second-order valence-corrected chi connectivity index (χ2v) is 8.42. The highest BCUT2D eigenvalue weighted by atomic mass is 35.5. The van der Waals surface area contributed by atoms with Crippen molar-refractivity contribution in [2.24, 2.45) is 0 Å². The molecule has 3 aromatic rings. The zero-order valence-electron chi connectivity index (χ0n) is 17.2. The molecule has 1 heterocycles. The van der Waals surface area contributed by atoms with E-state index in [1.807, 2.05) is 18.3 Å². The van der Waals surface area contributed by atoms with Crippen molar-refractivity contribution in [1.82, 2.24) is 20.1 Å². The molecule has 6 nitrogen and oxygen atoms in total. The summed E-state index contributed by atoms with van der Waals surface area (Å²) in [7, 11) is 0. The monoisotopic (exact) mass is 484 g/mol. The van der Waals surface area contributed by atoms with Crippen LogP contribution in [0.5, 0.6) is 5.75 Å². The summed E-state index contributed by atoms with van der Waals surface area (Å²) in [5, 5.41) is 10.4. The van der Waals surface area contributed by atoms with E-state index in [0.717, 1.165) is 11.8 Å². The van der Waals surface area contributed by atoms with Gasteiger partial charge in [-0.15, -0.1) is 10.2 Å². The summed E-state index contributed by atoms with van der Waals surface area (Å²) in [6.07, 6.45) is -4.48. The van der Waals surface area contributed by atoms with Crippen LogP contribution in [0.4, 0.5) is 13.2 Å². The predicted octanol–water partition coefficient (Wildman–Crippen LogP) is 5.15. The van der Waals surface area contributed by atoms with Crippen molar-refractivity contribution >= 4 is 29.3 Å². The van der Waals surface area contributed by atoms with Crippen molar-refractivity contribution in [3.05, 3.63) is 53.6 Å². The number of nitrogens with zero attached hydrogens (tertiary/aromatic N) is 3. The number of nitrogens with one attached hydrogen (secondary N) is 1. The van der Waals surface area contributed by atoms with Crippen LogP contribution in [0.3, 0.4) is 0 Å². The molecule has 2 aromatic carbocycles. The molecule has 0 aliphatic heterocycles. The van der Waals surface area contributed by atoms with Gasteiger partial charge in [-0.2, -0.15) is 13.2 Å². The highest BCUT2D eigenvalue weighted by Crippen LogP contribution is 2.32. The van der Waals surface area contributed by atoms with Gasteiger partial charge in [-0.05, 0) is 50.2 Å². The van der Waals surface area contributed by atoms with Crippen LogP contribution < -0.4 is 10.1 Å². The average Bonchev–Trinajstić information content (AvgIpc) is 3.15. The van der Waals surface area contributed by atoms with Gasteiger partial charge in [0.05, 0.1) is 11.9 Å². The SMILES string of the molecule is CCOc1ccc(-n2c(SC(C)C(=O)NCC(F)(F)F)nnc2-c2cccc(Cl)c2)cc1. The minimum absolute atomic E-state index is 0.346. The topological polar surface area (TPSA) is 69.0 Å². The molecule has 0 bridgehead atoms. The number of rotatable bonds is 8. The van der Waals surface area contributed by atoms with Gasteiger partial charge >= 0.3 is 6.18 Å². The quantitative estimate of drug-likeness (QED) is 0.448.